The Hall–Kier alpha value is -6.66. The molecule has 4 heterocycles. The van der Waals surface area contributed by atoms with E-state index < -0.39 is 0 Å². The summed E-state index contributed by atoms with van der Waals surface area (Å²) in [7, 11) is 0. The molecule has 0 fully saturated rings. The lowest BCUT2D eigenvalue weighted by Crippen LogP contribution is -2.00. The number of rotatable bonds is 2. The predicted molar refractivity (Wildman–Crippen MR) is 188 cm³/mol. The summed E-state index contributed by atoms with van der Waals surface area (Å²) < 4.78 is 30.1. The number of aromatic nitrogens is 2. The third-order valence-electron chi connectivity index (χ3n) is 9.44. The van der Waals surface area contributed by atoms with E-state index in [4.69, 9.17) is 18.9 Å². The van der Waals surface area contributed by atoms with E-state index in [1.54, 1.807) is 0 Å². The van der Waals surface area contributed by atoms with Gasteiger partial charge in [-0.1, -0.05) is 60.7 Å². The zero-order valence-electron chi connectivity index (χ0n) is 25.4. The molecule has 9 aromatic rings. The molecule has 0 atom stereocenters. The van der Waals surface area contributed by atoms with Crippen LogP contribution in [0.1, 0.15) is 0 Å². The molecule has 226 valence electrons. The highest BCUT2D eigenvalue weighted by Crippen LogP contribution is 2.52. The van der Waals surface area contributed by atoms with E-state index in [0.29, 0.717) is 23.0 Å². The summed E-state index contributed by atoms with van der Waals surface area (Å²) in [5, 5.41) is 4.26. The van der Waals surface area contributed by atoms with Crippen LogP contribution in [-0.4, -0.2) is 9.13 Å². The van der Waals surface area contributed by atoms with Crippen molar-refractivity contribution in [2.75, 3.05) is 0 Å². The highest BCUT2D eigenvalue weighted by molar-refractivity contribution is 6.14. The molecule has 0 saturated heterocycles. The number of para-hydroxylation sites is 6. The first-order chi connectivity index (χ1) is 23.8. The van der Waals surface area contributed by atoms with Gasteiger partial charge < -0.3 is 28.1 Å². The van der Waals surface area contributed by atoms with Gasteiger partial charge in [0.1, 0.15) is 0 Å². The quantitative estimate of drug-likeness (QED) is 0.193. The Balaban J connectivity index is 1.08. The summed E-state index contributed by atoms with van der Waals surface area (Å²) in [6.07, 6.45) is 0. The van der Waals surface area contributed by atoms with E-state index in [9.17, 15) is 0 Å². The maximum atomic E-state index is 6.50. The molecule has 48 heavy (non-hydrogen) atoms. The molecule has 0 bridgehead atoms. The largest absolute Gasteiger partial charge is 0.449 e. The highest BCUT2D eigenvalue weighted by Gasteiger charge is 2.27. The number of benzene rings is 7. The molecule has 2 aliphatic rings. The van der Waals surface area contributed by atoms with Gasteiger partial charge in [0, 0.05) is 22.1 Å². The SMILES string of the molecule is c1ccc2c(c1)Oc1ccc3c(c1O2)c1ccccc1n3-c1ccc(-n2c3ccccc3c3c4c(ccc32)Oc2ccccc2O4)cc1. The van der Waals surface area contributed by atoms with Crippen molar-refractivity contribution in [3.63, 3.8) is 0 Å². The van der Waals surface area contributed by atoms with Crippen molar-refractivity contribution in [2.45, 2.75) is 0 Å². The third-order valence-corrected chi connectivity index (χ3v) is 9.44. The van der Waals surface area contributed by atoms with Crippen molar-refractivity contribution in [1.82, 2.24) is 9.13 Å². The molecule has 0 spiro atoms. The molecule has 6 nitrogen and oxygen atoms in total. The van der Waals surface area contributed by atoms with E-state index in [0.717, 1.165) is 78.0 Å². The number of fused-ring (bicyclic) bond motifs is 12. The molecule has 2 aromatic heterocycles. The van der Waals surface area contributed by atoms with Gasteiger partial charge in [0.2, 0.25) is 0 Å². The minimum atomic E-state index is 0.714. The molecule has 0 saturated carbocycles. The second-order valence-electron chi connectivity index (χ2n) is 12.1. The first kappa shape index (κ1) is 25.5. The highest BCUT2D eigenvalue weighted by atomic mass is 16.6. The van der Waals surface area contributed by atoms with Gasteiger partial charge in [0.25, 0.3) is 0 Å². The summed E-state index contributed by atoms with van der Waals surface area (Å²) in [5.41, 5.74) is 6.38. The molecule has 7 aromatic carbocycles. The normalized spacial score (nSPS) is 12.8. The zero-order valence-corrected chi connectivity index (χ0v) is 25.4. The Labute approximate surface area is 274 Å². The fraction of sp³-hybridized carbons (Fsp3) is 0. The topological polar surface area (TPSA) is 46.8 Å². The van der Waals surface area contributed by atoms with Crippen LogP contribution >= 0.6 is 0 Å². The summed E-state index contributed by atoms with van der Waals surface area (Å²) >= 11 is 0. The second-order valence-corrected chi connectivity index (χ2v) is 12.1. The Kier molecular flexibility index (Phi) is 5.02. The maximum Gasteiger partial charge on any atom is 0.180 e. The Morgan fingerprint density at radius 2 is 0.667 bits per heavy atom. The monoisotopic (exact) mass is 620 g/mol. The molecule has 6 heteroatoms. The van der Waals surface area contributed by atoms with Crippen LogP contribution in [0.25, 0.3) is 55.0 Å². The fourth-order valence-electron chi connectivity index (χ4n) is 7.38. The number of ether oxygens (including phenoxy) is 4. The van der Waals surface area contributed by atoms with Crippen molar-refractivity contribution in [2.24, 2.45) is 0 Å². The van der Waals surface area contributed by atoms with Gasteiger partial charge in [-0.25, -0.2) is 0 Å². The lowest BCUT2D eigenvalue weighted by atomic mass is 10.1. The lowest BCUT2D eigenvalue weighted by Gasteiger charge is -2.21. The summed E-state index contributed by atoms with van der Waals surface area (Å²) in [4.78, 5) is 0. The summed E-state index contributed by atoms with van der Waals surface area (Å²) in [6, 6.07) is 49.5. The molecule has 11 rings (SSSR count). The van der Waals surface area contributed by atoms with Crippen molar-refractivity contribution in [1.29, 1.82) is 0 Å². The van der Waals surface area contributed by atoms with Crippen molar-refractivity contribution in [3.05, 3.63) is 146 Å². The van der Waals surface area contributed by atoms with Gasteiger partial charge in [-0.05, 0) is 84.9 Å². The van der Waals surface area contributed by atoms with Crippen LogP contribution in [0.5, 0.6) is 46.0 Å². The number of hydrogen-bond donors (Lipinski definition) is 0. The van der Waals surface area contributed by atoms with Crippen LogP contribution in [0.4, 0.5) is 0 Å². The van der Waals surface area contributed by atoms with Gasteiger partial charge >= 0.3 is 0 Å². The zero-order chi connectivity index (χ0) is 31.3. The van der Waals surface area contributed by atoms with E-state index in [1.807, 2.05) is 60.7 Å². The molecule has 0 unspecified atom stereocenters. The minimum Gasteiger partial charge on any atom is -0.449 e. The van der Waals surface area contributed by atoms with E-state index in [2.05, 4.69) is 94.1 Å². The average Bonchev–Trinajstić information content (AvgIpc) is 3.67. The maximum absolute atomic E-state index is 6.50. The van der Waals surface area contributed by atoms with E-state index in [1.165, 1.54) is 0 Å². The minimum absolute atomic E-state index is 0.714. The van der Waals surface area contributed by atoms with E-state index in [-0.39, 0.29) is 0 Å². The average molecular weight is 621 g/mol. The van der Waals surface area contributed by atoms with Gasteiger partial charge in [0.05, 0.1) is 32.8 Å². The molecular weight excluding hydrogens is 596 g/mol. The first-order valence-electron chi connectivity index (χ1n) is 15.9. The van der Waals surface area contributed by atoms with Crippen LogP contribution in [0.2, 0.25) is 0 Å². The molecule has 0 N–H and O–H groups in total. The Bertz CT molecular complexity index is 2600. The standard InChI is InChI=1S/C42H24N2O4/c1-3-11-29-27(9-1)39-31(21-23-37-41(39)47-35-15-7-5-13-33(35)45-37)43(29)25-17-19-26(20-18-25)44-30-12-4-2-10-28(30)40-32(44)22-24-38-42(40)48-36-16-8-6-14-34(36)46-38/h1-24H. The third kappa shape index (κ3) is 3.46. The summed E-state index contributed by atoms with van der Waals surface area (Å²) in [5.74, 6) is 5.77. The van der Waals surface area contributed by atoms with Crippen LogP contribution in [0.15, 0.2) is 146 Å². The van der Waals surface area contributed by atoms with Crippen molar-refractivity contribution >= 4 is 43.6 Å². The molecule has 0 radical (unpaired) electrons. The molecular formula is C42H24N2O4. The van der Waals surface area contributed by atoms with Crippen molar-refractivity contribution < 1.29 is 18.9 Å². The Morgan fingerprint density at radius 3 is 1.10 bits per heavy atom. The van der Waals surface area contributed by atoms with Gasteiger partial charge in [-0.2, -0.15) is 0 Å². The fourth-order valence-corrected chi connectivity index (χ4v) is 7.38. The lowest BCUT2D eigenvalue weighted by molar-refractivity contribution is 0.363. The van der Waals surface area contributed by atoms with Crippen LogP contribution < -0.4 is 18.9 Å². The smallest absolute Gasteiger partial charge is 0.180 e. The van der Waals surface area contributed by atoms with Gasteiger partial charge in [-0.15, -0.1) is 0 Å². The van der Waals surface area contributed by atoms with Crippen molar-refractivity contribution in [3.8, 4) is 57.4 Å². The molecule has 0 amide bonds. The van der Waals surface area contributed by atoms with Gasteiger partial charge in [0.15, 0.2) is 46.0 Å². The first-order valence-corrected chi connectivity index (χ1v) is 15.9. The van der Waals surface area contributed by atoms with Crippen LogP contribution in [-0.2, 0) is 0 Å². The molecule has 0 aliphatic carbocycles. The predicted octanol–water partition coefficient (Wildman–Crippen LogP) is 11.7. The van der Waals surface area contributed by atoms with E-state index >= 15 is 0 Å². The van der Waals surface area contributed by atoms with Crippen LogP contribution in [0.3, 0.4) is 0 Å². The summed E-state index contributed by atoms with van der Waals surface area (Å²) in [6.45, 7) is 0. The molecule has 2 aliphatic heterocycles. The second kappa shape index (κ2) is 9.44. The Morgan fingerprint density at radius 1 is 0.292 bits per heavy atom. The van der Waals surface area contributed by atoms with Crippen LogP contribution in [0, 0.1) is 0 Å². The van der Waals surface area contributed by atoms with Gasteiger partial charge in [-0.3, -0.25) is 0 Å². The number of hydrogen-bond acceptors (Lipinski definition) is 4. The number of nitrogens with zero attached hydrogens (tertiary/aromatic N) is 2.